The van der Waals surface area contributed by atoms with Crippen LogP contribution in [0.1, 0.15) is 46.0 Å². The van der Waals surface area contributed by atoms with Gasteiger partial charge in [-0.3, -0.25) is 4.79 Å². The van der Waals surface area contributed by atoms with Crippen LogP contribution in [0.2, 0.25) is 0 Å². The van der Waals surface area contributed by atoms with Gasteiger partial charge in [0.2, 0.25) is 5.91 Å². The zero-order valence-corrected chi connectivity index (χ0v) is 11.2. The highest BCUT2D eigenvalue weighted by atomic mass is 16.4. The van der Waals surface area contributed by atoms with E-state index in [1.165, 1.54) is 0 Å². The molecule has 1 fully saturated rings. The summed E-state index contributed by atoms with van der Waals surface area (Å²) in [5, 5.41) is 14.8. The summed E-state index contributed by atoms with van der Waals surface area (Å²) in [5.41, 5.74) is 0. The summed E-state index contributed by atoms with van der Waals surface area (Å²) < 4.78 is 0. The Kier molecular flexibility index (Phi) is 6.12. The third-order valence-corrected chi connectivity index (χ3v) is 3.60. The zero-order chi connectivity index (χ0) is 13.5. The summed E-state index contributed by atoms with van der Waals surface area (Å²) in [4.78, 5) is 23.0. The van der Waals surface area contributed by atoms with Crippen molar-refractivity contribution in [3.63, 3.8) is 0 Å². The number of hydrogen-bond acceptors (Lipinski definition) is 3. The fourth-order valence-corrected chi connectivity index (χ4v) is 2.39. The predicted octanol–water partition coefficient (Wildman–Crippen LogP) is 1.13. The summed E-state index contributed by atoms with van der Waals surface area (Å²) in [5.74, 6) is -0.557. The van der Waals surface area contributed by atoms with Crippen molar-refractivity contribution in [3.05, 3.63) is 0 Å². The number of carbonyl (C=O) groups is 2. The van der Waals surface area contributed by atoms with E-state index in [9.17, 15) is 9.59 Å². The lowest BCUT2D eigenvalue weighted by molar-refractivity contribution is -0.142. The first-order valence-corrected chi connectivity index (χ1v) is 6.85. The van der Waals surface area contributed by atoms with Crippen molar-refractivity contribution in [2.75, 3.05) is 6.54 Å². The van der Waals surface area contributed by atoms with Crippen LogP contribution in [0.4, 0.5) is 0 Å². The first-order chi connectivity index (χ1) is 8.58. The molecule has 1 rings (SSSR count). The first kappa shape index (κ1) is 15.0. The van der Waals surface area contributed by atoms with Gasteiger partial charge in [0, 0.05) is 0 Å². The minimum absolute atomic E-state index is 0.172. The van der Waals surface area contributed by atoms with Gasteiger partial charge in [0.25, 0.3) is 0 Å². The number of carboxylic acids is 1. The molecule has 104 valence electrons. The quantitative estimate of drug-likeness (QED) is 0.666. The van der Waals surface area contributed by atoms with Crippen molar-refractivity contribution >= 4 is 11.9 Å². The van der Waals surface area contributed by atoms with Gasteiger partial charge in [-0.15, -0.1) is 0 Å². The van der Waals surface area contributed by atoms with Crippen molar-refractivity contribution in [1.82, 2.24) is 10.6 Å². The Bertz CT molecular complexity index is 294. The molecule has 5 heteroatoms. The molecule has 0 aromatic rings. The number of carboxylic acid groups (broad SMARTS) is 1. The molecule has 1 saturated heterocycles. The third kappa shape index (κ3) is 4.29. The van der Waals surface area contributed by atoms with Gasteiger partial charge in [-0.1, -0.05) is 26.7 Å². The molecule has 0 aromatic heterocycles. The number of aliphatic carboxylic acids is 1. The van der Waals surface area contributed by atoms with Gasteiger partial charge in [-0.25, -0.2) is 4.79 Å². The van der Waals surface area contributed by atoms with Crippen LogP contribution in [-0.4, -0.2) is 35.6 Å². The Morgan fingerprint density at radius 1 is 1.44 bits per heavy atom. The Balaban J connectivity index is 2.50. The van der Waals surface area contributed by atoms with E-state index in [4.69, 9.17) is 5.11 Å². The van der Waals surface area contributed by atoms with Crippen molar-refractivity contribution in [3.8, 4) is 0 Å². The molecule has 18 heavy (non-hydrogen) atoms. The average Bonchev–Trinajstić information content (AvgIpc) is 2.38. The second-order valence-corrected chi connectivity index (χ2v) is 4.99. The van der Waals surface area contributed by atoms with E-state index in [0.717, 1.165) is 32.2 Å². The fraction of sp³-hybridized carbons (Fsp3) is 0.846. The molecule has 0 aromatic carbocycles. The van der Waals surface area contributed by atoms with E-state index >= 15 is 0 Å². The van der Waals surface area contributed by atoms with E-state index < -0.39 is 12.0 Å². The zero-order valence-electron chi connectivity index (χ0n) is 11.2. The minimum Gasteiger partial charge on any atom is -0.480 e. The van der Waals surface area contributed by atoms with Crippen LogP contribution in [-0.2, 0) is 9.59 Å². The normalized spacial score (nSPS) is 25.4. The van der Waals surface area contributed by atoms with Crippen LogP contribution >= 0.6 is 0 Å². The number of rotatable bonds is 6. The summed E-state index contributed by atoms with van der Waals surface area (Å²) in [6.45, 7) is 4.87. The van der Waals surface area contributed by atoms with Crippen molar-refractivity contribution in [2.24, 2.45) is 5.92 Å². The number of hydrogen-bond donors (Lipinski definition) is 3. The molecule has 1 amide bonds. The van der Waals surface area contributed by atoms with E-state index in [0.29, 0.717) is 12.3 Å². The smallest absolute Gasteiger partial charge is 0.326 e. The Morgan fingerprint density at radius 3 is 2.72 bits per heavy atom. The van der Waals surface area contributed by atoms with Gasteiger partial charge < -0.3 is 15.7 Å². The molecule has 0 bridgehead atoms. The molecule has 2 unspecified atom stereocenters. The van der Waals surface area contributed by atoms with Gasteiger partial charge in [0.15, 0.2) is 0 Å². The van der Waals surface area contributed by atoms with Gasteiger partial charge in [0.1, 0.15) is 6.04 Å². The molecule has 3 N–H and O–H groups in total. The third-order valence-electron chi connectivity index (χ3n) is 3.60. The summed E-state index contributed by atoms with van der Waals surface area (Å²) in [6.07, 6.45) is 4.19. The van der Waals surface area contributed by atoms with Crippen LogP contribution < -0.4 is 10.6 Å². The molecule has 0 spiro atoms. The molecular formula is C13H24N2O3. The highest BCUT2D eigenvalue weighted by Gasteiger charge is 2.28. The fourth-order valence-electron chi connectivity index (χ4n) is 2.39. The highest BCUT2D eigenvalue weighted by Crippen LogP contribution is 2.19. The molecule has 1 heterocycles. The van der Waals surface area contributed by atoms with Gasteiger partial charge in [0.05, 0.1) is 6.04 Å². The van der Waals surface area contributed by atoms with Crippen LogP contribution in [0.5, 0.6) is 0 Å². The number of carbonyl (C=O) groups excluding carboxylic acids is 1. The number of nitrogens with one attached hydrogen (secondary N) is 2. The van der Waals surface area contributed by atoms with Gasteiger partial charge in [-0.2, -0.15) is 0 Å². The lowest BCUT2D eigenvalue weighted by Crippen LogP contribution is -2.52. The SMILES string of the molecule is CCC[C@@H](NC(=O)C1CC(CC)CCN1)C(=O)O. The molecular weight excluding hydrogens is 232 g/mol. The van der Waals surface area contributed by atoms with E-state index in [1.807, 2.05) is 6.92 Å². The van der Waals surface area contributed by atoms with Crippen molar-refractivity contribution in [2.45, 2.75) is 58.0 Å². The van der Waals surface area contributed by atoms with Crippen LogP contribution in [0.3, 0.4) is 0 Å². The second kappa shape index (κ2) is 7.36. The summed E-state index contributed by atoms with van der Waals surface area (Å²) in [7, 11) is 0. The standard InChI is InChI=1S/C13H24N2O3/c1-3-5-10(13(17)18)15-12(16)11-8-9(4-2)6-7-14-11/h9-11,14H,3-8H2,1-2H3,(H,15,16)(H,17,18)/t9?,10-,11?/m1/s1. The summed E-state index contributed by atoms with van der Waals surface area (Å²) >= 11 is 0. The summed E-state index contributed by atoms with van der Waals surface area (Å²) in [6, 6.07) is -0.992. The van der Waals surface area contributed by atoms with Crippen molar-refractivity contribution < 1.29 is 14.7 Å². The minimum atomic E-state index is -0.951. The monoisotopic (exact) mass is 256 g/mol. The average molecular weight is 256 g/mol. The van der Waals surface area contributed by atoms with Gasteiger partial charge >= 0.3 is 5.97 Å². The molecule has 5 nitrogen and oxygen atoms in total. The van der Waals surface area contributed by atoms with E-state index in [1.54, 1.807) is 0 Å². The Hall–Kier alpha value is -1.10. The van der Waals surface area contributed by atoms with E-state index in [-0.39, 0.29) is 11.9 Å². The second-order valence-electron chi connectivity index (χ2n) is 4.99. The molecule has 3 atom stereocenters. The maximum atomic E-state index is 12.0. The van der Waals surface area contributed by atoms with E-state index in [2.05, 4.69) is 17.6 Å². The van der Waals surface area contributed by atoms with Crippen LogP contribution in [0, 0.1) is 5.92 Å². The first-order valence-electron chi connectivity index (χ1n) is 6.85. The number of piperidine rings is 1. The molecule has 1 aliphatic heterocycles. The predicted molar refractivity (Wildman–Crippen MR) is 69.3 cm³/mol. The molecule has 1 aliphatic rings. The lowest BCUT2D eigenvalue weighted by atomic mass is 9.90. The molecule has 0 saturated carbocycles. The molecule has 0 radical (unpaired) electrons. The van der Waals surface area contributed by atoms with Gasteiger partial charge in [-0.05, 0) is 31.7 Å². The topological polar surface area (TPSA) is 78.4 Å². The lowest BCUT2D eigenvalue weighted by Gasteiger charge is -2.29. The highest BCUT2D eigenvalue weighted by molar-refractivity contribution is 5.87. The van der Waals surface area contributed by atoms with Crippen LogP contribution in [0.15, 0.2) is 0 Å². The number of amides is 1. The maximum absolute atomic E-state index is 12.0. The maximum Gasteiger partial charge on any atom is 0.326 e. The molecule has 0 aliphatic carbocycles. The van der Waals surface area contributed by atoms with Crippen LogP contribution in [0.25, 0.3) is 0 Å². The largest absolute Gasteiger partial charge is 0.480 e. The Morgan fingerprint density at radius 2 is 2.17 bits per heavy atom. The van der Waals surface area contributed by atoms with Crippen molar-refractivity contribution in [1.29, 1.82) is 0 Å². The Labute approximate surface area is 108 Å².